The maximum atomic E-state index is 13.5. The average Bonchev–Trinajstić information content (AvgIpc) is 3.77. The van der Waals surface area contributed by atoms with E-state index in [1.54, 1.807) is 6.07 Å². The van der Waals surface area contributed by atoms with Crippen molar-refractivity contribution in [1.29, 1.82) is 0 Å². The summed E-state index contributed by atoms with van der Waals surface area (Å²) in [5, 5.41) is 38.4. The molecule has 0 bridgehead atoms. The number of carbonyl (C=O) groups excluding carboxylic acids is 2. The van der Waals surface area contributed by atoms with Crippen LogP contribution in [0.3, 0.4) is 0 Å². The molecular weight excluding hydrogens is 946 g/mol. The van der Waals surface area contributed by atoms with Gasteiger partial charge in [-0.25, -0.2) is 9.59 Å². The molecule has 9 rings (SSSR count). The molecule has 6 aromatic rings. The fraction of sp³-hybridized carbons (Fsp3) is 0.241. The molecule has 0 unspecified atom stereocenters. The van der Waals surface area contributed by atoms with E-state index in [-0.39, 0.29) is 70.4 Å². The van der Waals surface area contributed by atoms with Gasteiger partial charge in [-0.05, 0) is 104 Å². The summed E-state index contributed by atoms with van der Waals surface area (Å²) in [4.78, 5) is 68.2. The smallest absolute Gasteiger partial charge is 0.351 e. The quantitative estimate of drug-likeness (QED) is 0.0244. The van der Waals surface area contributed by atoms with E-state index in [0.29, 0.717) is 22.9 Å². The minimum absolute atomic E-state index is 0.0343. The highest BCUT2D eigenvalue weighted by atomic mass is 31.2. The third-order valence-electron chi connectivity index (χ3n) is 13.4. The number of phenolic OH excluding ortho intramolecular Hbond substituents is 1. The lowest BCUT2D eigenvalue weighted by molar-refractivity contribution is -0.150. The van der Waals surface area contributed by atoms with Crippen LogP contribution >= 0.6 is 7.26 Å². The van der Waals surface area contributed by atoms with Gasteiger partial charge >= 0.3 is 17.6 Å². The van der Waals surface area contributed by atoms with Crippen molar-refractivity contribution in [2.75, 3.05) is 18.1 Å². The van der Waals surface area contributed by atoms with Crippen molar-refractivity contribution >= 4 is 57.8 Å². The number of aromatic carboxylic acids is 1. The van der Waals surface area contributed by atoms with Crippen molar-refractivity contribution in [1.82, 2.24) is 9.55 Å². The first-order chi connectivity index (χ1) is 35.5. The zero-order valence-corrected chi connectivity index (χ0v) is 40.9. The number of carboxylic acid groups (broad SMARTS) is 1. The first-order valence-corrected chi connectivity index (χ1v) is 26.5. The summed E-state index contributed by atoms with van der Waals surface area (Å²) in [6.07, 6.45) is 6.99. The summed E-state index contributed by atoms with van der Waals surface area (Å²) in [7, 11) is -1.84. The maximum absolute atomic E-state index is 13.5. The number of hydrogen-bond acceptors (Lipinski definition) is 11. The zero-order chi connectivity index (χ0) is 50.9. The molecule has 1 amide bonds. The molecule has 1 fully saturated rings. The fourth-order valence-corrected chi connectivity index (χ4v) is 14.2. The Labute approximate surface area is 421 Å². The Bertz CT molecular complexity index is 3230. The summed E-state index contributed by atoms with van der Waals surface area (Å²) >= 11 is 0. The number of esters is 1. The minimum atomic E-state index is -1.84. The van der Waals surface area contributed by atoms with Crippen LogP contribution in [-0.4, -0.2) is 67.7 Å². The molecule has 2 aliphatic heterocycles. The number of nitrogens with zero attached hydrogens (tertiary/aromatic N) is 2. The number of fused-ring (bicyclic) bond motifs is 2. The van der Waals surface area contributed by atoms with Crippen LogP contribution in [0.4, 0.5) is 5.82 Å². The van der Waals surface area contributed by atoms with Crippen LogP contribution < -0.4 is 32.3 Å². The van der Waals surface area contributed by atoms with Gasteiger partial charge in [0.1, 0.15) is 65.0 Å². The van der Waals surface area contributed by atoms with Crippen molar-refractivity contribution in [2.45, 2.75) is 76.2 Å². The van der Waals surface area contributed by atoms with Crippen LogP contribution in [-0.2, 0) is 14.3 Å². The molecule has 14 nitrogen and oxygen atoms in total. The van der Waals surface area contributed by atoms with E-state index >= 15 is 0 Å². The highest BCUT2D eigenvalue weighted by Gasteiger charge is 2.44. The van der Waals surface area contributed by atoms with Gasteiger partial charge in [0.05, 0.1) is 17.8 Å². The number of rotatable bonds is 20. The van der Waals surface area contributed by atoms with Gasteiger partial charge in [-0.2, -0.15) is 4.98 Å². The van der Waals surface area contributed by atoms with E-state index < -0.39 is 43.3 Å². The SMILES string of the molecule is O=C(CCCCCCCCC[P+](c1ccccc1)(c1ccccc1)c1ccccc1)OC[C@H]1O[C@@H](n2ccc(NC(=O)c3ccc(-c4c5ccc(=O)cc-5oc5cc(O)ccc45)c(C(=O)O)c3)nc2=O)C[C@@H]1O. The number of aromatic nitrogens is 2. The molecule has 4 N–H and O–H groups in total. The summed E-state index contributed by atoms with van der Waals surface area (Å²) in [6.45, 7) is -0.181. The second kappa shape index (κ2) is 22.8. The van der Waals surface area contributed by atoms with Gasteiger partial charge in [0.25, 0.3) is 5.91 Å². The van der Waals surface area contributed by atoms with Gasteiger partial charge in [0.15, 0.2) is 5.43 Å². The molecule has 0 saturated carbocycles. The highest BCUT2D eigenvalue weighted by Crippen LogP contribution is 2.56. The molecule has 5 aromatic carbocycles. The Morgan fingerprint density at radius 3 is 2.00 bits per heavy atom. The van der Waals surface area contributed by atoms with Crippen LogP contribution in [0.15, 0.2) is 172 Å². The maximum Gasteiger partial charge on any atom is 0.351 e. The lowest BCUT2D eigenvalue weighted by Crippen LogP contribution is -2.33. The second-order valence-electron chi connectivity index (χ2n) is 18.2. The number of benzene rings is 6. The van der Waals surface area contributed by atoms with Crippen LogP contribution in [0.25, 0.3) is 33.4 Å². The normalized spacial score (nSPS) is 15.6. The molecule has 1 saturated heterocycles. The third kappa shape index (κ3) is 11.3. The number of amides is 1. The number of aromatic hydroxyl groups is 1. The number of anilines is 1. The molecule has 3 heterocycles. The van der Waals surface area contributed by atoms with E-state index in [2.05, 4.69) is 101 Å². The predicted molar refractivity (Wildman–Crippen MR) is 282 cm³/mol. The summed E-state index contributed by atoms with van der Waals surface area (Å²) in [5.74, 6) is -2.49. The Morgan fingerprint density at radius 1 is 0.726 bits per heavy atom. The van der Waals surface area contributed by atoms with Gasteiger partial charge in [0.2, 0.25) is 0 Å². The van der Waals surface area contributed by atoms with Crippen LogP contribution in [0.2, 0.25) is 0 Å². The number of nitrogens with one attached hydrogen (secondary N) is 1. The van der Waals surface area contributed by atoms with E-state index in [4.69, 9.17) is 13.9 Å². The summed E-state index contributed by atoms with van der Waals surface area (Å²) < 4.78 is 18.5. The number of ether oxygens (including phenoxy) is 2. The number of carboxylic acids is 1. The standard InChI is InChI=1S/C58H54N3O11P/c62-39-25-28-45-49(34-39)71-50-35-40(63)26-29-46(50)55(45)44-27-24-38(33-47(44)57(67)68)56(66)59-52-30-31-61(58(69)60-52)53-36-48(64)51(72-53)37-70-54(65)23-15-4-2-1-3-5-16-32-73(41-17-9-6-10-18-41,42-19-11-7-12-20-42)43-21-13-8-14-22-43/h6-14,17-22,24-31,33-35,48,51,53,64H,1-5,15-16,23,32,36-37H2,(H2-,59,60,62,63,66,67,68,69)/p+1/t48-,51+,53+/m0/s1. The van der Waals surface area contributed by atoms with E-state index in [9.17, 15) is 39.3 Å². The van der Waals surface area contributed by atoms with E-state index in [1.165, 1.54) is 81.3 Å². The monoisotopic (exact) mass is 1000 g/mol. The minimum Gasteiger partial charge on any atom is -0.508 e. The van der Waals surface area contributed by atoms with Crippen LogP contribution in [0.5, 0.6) is 5.75 Å². The molecule has 3 aliphatic rings. The number of unbranched alkanes of at least 4 members (excludes halogenated alkanes) is 6. The summed E-state index contributed by atoms with van der Waals surface area (Å²) in [5.41, 5.74) is -0.0876. The largest absolute Gasteiger partial charge is 0.508 e. The van der Waals surface area contributed by atoms with Crippen molar-refractivity contribution in [3.05, 3.63) is 190 Å². The molecule has 3 atom stereocenters. The third-order valence-corrected chi connectivity index (χ3v) is 17.9. The second-order valence-corrected chi connectivity index (χ2v) is 21.8. The number of aliphatic hydroxyl groups is 1. The number of hydrogen-bond donors (Lipinski definition) is 4. The molecule has 372 valence electrons. The topological polar surface area (TPSA) is 207 Å². The number of carbonyl (C=O) groups is 3. The van der Waals surface area contributed by atoms with Gasteiger partial charge in [0, 0.05) is 53.2 Å². The molecular formula is C58H55N3O11P+. The fourth-order valence-electron chi connectivity index (χ4n) is 9.79. The molecule has 1 aromatic heterocycles. The number of aliphatic hydroxyl groups excluding tert-OH is 1. The van der Waals surface area contributed by atoms with Crippen LogP contribution in [0.1, 0.15) is 84.7 Å². The Morgan fingerprint density at radius 2 is 1.36 bits per heavy atom. The molecule has 1 aliphatic carbocycles. The molecule has 0 radical (unpaired) electrons. The predicted octanol–water partition coefficient (Wildman–Crippen LogP) is 9.08. The Balaban J connectivity index is 0.732. The van der Waals surface area contributed by atoms with Crippen molar-refractivity contribution < 1.29 is 43.6 Å². The zero-order valence-electron chi connectivity index (χ0n) is 40.0. The van der Waals surface area contributed by atoms with Crippen LogP contribution in [0, 0.1) is 0 Å². The Hall–Kier alpha value is -7.77. The first-order valence-electron chi connectivity index (χ1n) is 24.5. The van der Waals surface area contributed by atoms with E-state index in [0.717, 1.165) is 44.7 Å². The lowest BCUT2D eigenvalue weighted by atomic mass is 9.90. The van der Waals surface area contributed by atoms with Gasteiger partial charge in [-0.1, -0.05) is 86.3 Å². The first kappa shape index (κ1) is 50.2. The van der Waals surface area contributed by atoms with Crippen molar-refractivity contribution in [2.24, 2.45) is 0 Å². The number of phenols is 1. The highest BCUT2D eigenvalue weighted by molar-refractivity contribution is 7.95. The average molecular weight is 1000 g/mol. The molecule has 0 spiro atoms. The molecule has 73 heavy (non-hydrogen) atoms. The van der Waals surface area contributed by atoms with Gasteiger partial charge in [-0.15, -0.1) is 0 Å². The van der Waals surface area contributed by atoms with E-state index in [1.807, 2.05) is 0 Å². The van der Waals surface area contributed by atoms with Gasteiger partial charge < -0.3 is 34.5 Å². The Kier molecular flexibility index (Phi) is 15.6. The molecule has 15 heteroatoms. The lowest BCUT2D eigenvalue weighted by Gasteiger charge is -2.27. The van der Waals surface area contributed by atoms with Crippen molar-refractivity contribution in [3.8, 4) is 28.2 Å². The van der Waals surface area contributed by atoms with Crippen molar-refractivity contribution in [3.63, 3.8) is 0 Å². The summed E-state index contributed by atoms with van der Waals surface area (Å²) in [6, 6.07) is 46.8. The van der Waals surface area contributed by atoms with Gasteiger partial charge in [-0.3, -0.25) is 19.0 Å².